The second-order valence-corrected chi connectivity index (χ2v) is 4.52. The van der Waals surface area contributed by atoms with Crippen molar-refractivity contribution in [2.24, 2.45) is 0 Å². The lowest BCUT2D eigenvalue weighted by Gasteiger charge is -2.15. The molecule has 0 spiro atoms. The molecule has 0 heterocycles. The van der Waals surface area contributed by atoms with Crippen molar-refractivity contribution in [2.75, 3.05) is 11.9 Å². The number of nitrogens with one attached hydrogen (secondary N) is 2. The molecule has 1 aromatic rings. The van der Waals surface area contributed by atoms with E-state index in [0.717, 1.165) is 5.56 Å². The monoisotopic (exact) mass is 274 g/mol. The fourth-order valence-corrected chi connectivity index (χ4v) is 1.61. The van der Waals surface area contributed by atoms with Crippen LogP contribution >= 0.6 is 0 Å². The van der Waals surface area contributed by atoms with Crippen molar-refractivity contribution in [3.8, 4) is 0 Å². The number of aryl methyl sites for hydroxylation is 1. The number of halogens is 3. The SMILES string of the molecule is Cc1cccc(NC(=O)CNC(C)CC(F)(F)F)c1. The van der Waals surface area contributed by atoms with Crippen LogP contribution in [0, 0.1) is 6.92 Å². The Labute approximate surface area is 110 Å². The van der Waals surface area contributed by atoms with Gasteiger partial charge in [0, 0.05) is 11.7 Å². The number of benzene rings is 1. The largest absolute Gasteiger partial charge is 0.390 e. The Morgan fingerprint density at radius 2 is 2.05 bits per heavy atom. The topological polar surface area (TPSA) is 41.1 Å². The maximum absolute atomic E-state index is 12.1. The molecule has 0 fully saturated rings. The standard InChI is InChI=1S/C13H17F3N2O/c1-9-4-3-5-11(6-9)18-12(19)8-17-10(2)7-13(14,15)16/h3-6,10,17H,7-8H2,1-2H3,(H,18,19). The van der Waals surface area contributed by atoms with Crippen LogP contribution < -0.4 is 10.6 Å². The van der Waals surface area contributed by atoms with Crippen molar-refractivity contribution in [1.82, 2.24) is 5.32 Å². The van der Waals surface area contributed by atoms with E-state index in [9.17, 15) is 18.0 Å². The molecule has 2 N–H and O–H groups in total. The average Bonchev–Trinajstić information content (AvgIpc) is 2.24. The maximum atomic E-state index is 12.1. The van der Waals surface area contributed by atoms with Gasteiger partial charge in [0.2, 0.25) is 5.91 Å². The van der Waals surface area contributed by atoms with E-state index < -0.39 is 18.6 Å². The Morgan fingerprint density at radius 1 is 1.37 bits per heavy atom. The Morgan fingerprint density at radius 3 is 2.63 bits per heavy atom. The lowest BCUT2D eigenvalue weighted by molar-refractivity contribution is -0.139. The van der Waals surface area contributed by atoms with Crippen LogP contribution in [-0.2, 0) is 4.79 Å². The maximum Gasteiger partial charge on any atom is 0.390 e. The smallest absolute Gasteiger partial charge is 0.325 e. The van der Waals surface area contributed by atoms with Gasteiger partial charge in [-0.3, -0.25) is 4.79 Å². The van der Waals surface area contributed by atoms with Crippen LogP contribution in [0.2, 0.25) is 0 Å². The predicted molar refractivity (Wildman–Crippen MR) is 67.9 cm³/mol. The van der Waals surface area contributed by atoms with Gasteiger partial charge in [0.15, 0.2) is 0 Å². The highest BCUT2D eigenvalue weighted by Crippen LogP contribution is 2.21. The van der Waals surface area contributed by atoms with E-state index in [2.05, 4.69) is 10.6 Å². The van der Waals surface area contributed by atoms with Crippen LogP contribution in [0.4, 0.5) is 18.9 Å². The van der Waals surface area contributed by atoms with Crippen LogP contribution in [0.1, 0.15) is 18.9 Å². The lowest BCUT2D eigenvalue weighted by Crippen LogP contribution is -2.37. The van der Waals surface area contributed by atoms with Crippen molar-refractivity contribution in [2.45, 2.75) is 32.5 Å². The minimum absolute atomic E-state index is 0.148. The van der Waals surface area contributed by atoms with Gasteiger partial charge in [0.05, 0.1) is 13.0 Å². The molecule has 1 unspecified atom stereocenters. The number of amides is 1. The van der Waals surface area contributed by atoms with Crippen molar-refractivity contribution in [3.63, 3.8) is 0 Å². The average molecular weight is 274 g/mol. The summed E-state index contributed by atoms with van der Waals surface area (Å²) in [6.07, 6.45) is -5.18. The molecule has 0 aliphatic rings. The Hall–Kier alpha value is -1.56. The van der Waals surface area contributed by atoms with Crippen molar-refractivity contribution in [3.05, 3.63) is 29.8 Å². The zero-order chi connectivity index (χ0) is 14.5. The number of alkyl halides is 3. The second-order valence-electron chi connectivity index (χ2n) is 4.52. The first kappa shape index (κ1) is 15.5. The molecule has 0 saturated heterocycles. The van der Waals surface area contributed by atoms with E-state index in [1.807, 2.05) is 13.0 Å². The fraction of sp³-hybridized carbons (Fsp3) is 0.462. The number of carbonyl (C=O) groups excluding carboxylic acids is 1. The molecule has 6 heteroatoms. The molecule has 0 saturated carbocycles. The first-order valence-electron chi connectivity index (χ1n) is 5.93. The summed E-state index contributed by atoms with van der Waals surface area (Å²) >= 11 is 0. The molecule has 1 aromatic carbocycles. The van der Waals surface area contributed by atoms with Gasteiger partial charge >= 0.3 is 6.18 Å². The lowest BCUT2D eigenvalue weighted by atomic mass is 10.2. The highest BCUT2D eigenvalue weighted by molar-refractivity contribution is 5.92. The third kappa shape index (κ3) is 6.81. The molecule has 1 amide bonds. The highest BCUT2D eigenvalue weighted by atomic mass is 19.4. The third-order valence-corrected chi connectivity index (χ3v) is 2.45. The number of rotatable bonds is 5. The molecule has 0 bridgehead atoms. The van der Waals surface area contributed by atoms with Crippen molar-refractivity contribution >= 4 is 11.6 Å². The normalized spacial score (nSPS) is 13.1. The molecule has 1 atom stereocenters. The number of hydrogen-bond acceptors (Lipinski definition) is 2. The van der Waals surface area contributed by atoms with E-state index in [1.54, 1.807) is 18.2 Å². The van der Waals surface area contributed by atoms with Gasteiger partial charge < -0.3 is 10.6 Å². The van der Waals surface area contributed by atoms with Gasteiger partial charge in [-0.1, -0.05) is 12.1 Å². The van der Waals surface area contributed by atoms with Gasteiger partial charge in [0.25, 0.3) is 0 Å². The quantitative estimate of drug-likeness (QED) is 0.867. The Bertz CT molecular complexity index is 432. The minimum Gasteiger partial charge on any atom is -0.325 e. The summed E-state index contributed by atoms with van der Waals surface area (Å²) in [6, 6.07) is 6.41. The third-order valence-electron chi connectivity index (χ3n) is 2.45. The molecule has 1 rings (SSSR count). The number of hydrogen-bond donors (Lipinski definition) is 2. The van der Waals surface area contributed by atoms with Crippen molar-refractivity contribution in [1.29, 1.82) is 0 Å². The van der Waals surface area contributed by atoms with Gasteiger partial charge in [-0.15, -0.1) is 0 Å². The van der Waals surface area contributed by atoms with Crippen LogP contribution in [-0.4, -0.2) is 24.7 Å². The summed E-state index contributed by atoms with van der Waals surface area (Å²) in [4.78, 5) is 11.5. The van der Waals surface area contributed by atoms with Gasteiger partial charge in [-0.05, 0) is 31.5 Å². The van der Waals surface area contributed by atoms with E-state index in [4.69, 9.17) is 0 Å². The van der Waals surface area contributed by atoms with Gasteiger partial charge in [0.1, 0.15) is 0 Å². The summed E-state index contributed by atoms with van der Waals surface area (Å²) in [5.74, 6) is -0.361. The number of carbonyl (C=O) groups is 1. The van der Waals surface area contributed by atoms with Crippen LogP contribution in [0.5, 0.6) is 0 Å². The second kappa shape index (κ2) is 6.56. The Balaban J connectivity index is 2.36. The van der Waals surface area contributed by atoms with Crippen LogP contribution in [0.15, 0.2) is 24.3 Å². The Kier molecular flexibility index (Phi) is 5.35. The van der Waals surface area contributed by atoms with E-state index >= 15 is 0 Å². The summed E-state index contributed by atoms with van der Waals surface area (Å²) in [6.45, 7) is 3.14. The summed E-state index contributed by atoms with van der Waals surface area (Å²) in [5, 5.41) is 5.16. The molecule has 106 valence electrons. The number of anilines is 1. The molecule has 19 heavy (non-hydrogen) atoms. The molecule has 0 aliphatic heterocycles. The first-order chi connectivity index (χ1) is 8.76. The molecule has 0 radical (unpaired) electrons. The summed E-state index contributed by atoms with van der Waals surface area (Å²) in [5.41, 5.74) is 1.63. The minimum atomic E-state index is -4.22. The molecular weight excluding hydrogens is 257 g/mol. The predicted octanol–water partition coefficient (Wildman–Crippen LogP) is 2.86. The molecule has 3 nitrogen and oxygen atoms in total. The zero-order valence-electron chi connectivity index (χ0n) is 10.8. The van der Waals surface area contributed by atoms with E-state index in [-0.39, 0.29) is 12.5 Å². The van der Waals surface area contributed by atoms with E-state index in [0.29, 0.717) is 5.69 Å². The summed E-state index contributed by atoms with van der Waals surface area (Å²) in [7, 11) is 0. The molecule has 0 aliphatic carbocycles. The van der Waals surface area contributed by atoms with Crippen LogP contribution in [0.25, 0.3) is 0 Å². The fourth-order valence-electron chi connectivity index (χ4n) is 1.61. The van der Waals surface area contributed by atoms with Crippen molar-refractivity contribution < 1.29 is 18.0 Å². The zero-order valence-corrected chi connectivity index (χ0v) is 10.8. The van der Waals surface area contributed by atoms with Crippen LogP contribution in [0.3, 0.4) is 0 Å². The highest BCUT2D eigenvalue weighted by Gasteiger charge is 2.29. The first-order valence-corrected chi connectivity index (χ1v) is 5.93. The van der Waals surface area contributed by atoms with Gasteiger partial charge in [-0.2, -0.15) is 13.2 Å². The molecule has 0 aromatic heterocycles. The molecular formula is C13H17F3N2O. The van der Waals surface area contributed by atoms with Gasteiger partial charge in [-0.25, -0.2) is 0 Å². The summed E-state index contributed by atoms with van der Waals surface area (Å²) < 4.78 is 36.2. The van der Waals surface area contributed by atoms with E-state index in [1.165, 1.54) is 6.92 Å².